The summed E-state index contributed by atoms with van der Waals surface area (Å²) in [6.45, 7) is 5.83. The molecule has 0 aromatic heterocycles. The van der Waals surface area contributed by atoms with Crippen molar-refractivity contribution >= 4 is 11.7 Å². The average molecular weight is 321 g/mol. The summed E-state index contributed by atoms with van der Waals surface area (Å²) >= 11 is 0. The highest BCUT2D eigenvalue weighted by Crippen LogP contribution is 2.26. The Labute approximate surface area is 137 Å². The van der Waals surface area contributed by atoms with Crippen LogP contribution in [-0.2, 0) is 0 Å². The van der Waals surface area contributed by atoms with Crippen LogP contribution in [0.4, 0.5) is 10.5 Å². The number of amides is 2. The number of hydrogen-bond donors (Lipinski definition) is 3. The van der Waals surface area contributed by atoms with Crippen LogP contribution in [0.1, 0.15) is 24.0 Å². The molecule has 1 aromatic carbocycles. The predicted octanol–water partition coefficient (Wildman–Crippen LogP) is 1.89. The smallest absolute Gasteiger partial charge is 0.319 e. The largest absolute Gasteiger partial charge is 0.496 e. The standard InChI is InChI=1S/C17H27N3O3/c1-12-9-14(10-13(2)15(12)23-4)19-16(21)18-11-17(22)5-7-20(3)8-6-17/h9-10,22H,5-8,11H2,1-4H3,(H2,18,19,21). The van der Waals surface area contributed by atoms with Crippen LogP contribution in [0.2, 0.25) is 0 Å². The normalized spacial score (nSPS) is 17.6. The number of aliphatic hydroxyl groups is 1. The lowest BCUT2D eigenvalue weighted by Gasteiger charge is -2.36. The quantitative estimate of drug-likeness (QED) is 0.792. The lowest BCUT2D eigenvalue weighted by Crippen LogP contribution is -2.50. The number of nitrogens with zero attached hydrogens (tertiary/aromatic N) is 1. The maximum atomic E-state index is 12.1. The van der Waals surface area contributed by atoms with E-state index in [1.54, 1.807) is 7.11 Å². The number of hydrogen-bond acceptors (Lipinski definition) is 4. The van der Waals surface area contributed by atoms with Gasteiger partial charge in [0.15, 0.2) is 0 Å². The summed E-state index contributed by atoms with van der Waals surface area (Å²) in [6.07, 6.45) is 1.34. The molecule has 128 valence electrons. The lowest BCUT2D eigenvalue weighted by atomic mass is 9.92. The number of nitrogens with one attached hydrogen (secondary N) is 2. The molecule has 23 heavy (non-hydrogen) atoms. The van der Waals surface area contributed by atoms with Crippen molar-refractivity contribution in [2.75, 3.05) is 39.1 Å². The molecule has 0 aliphatic carbocycles. The summed E-state index contributed by atoms with van der Waals surface area (Å²) < 4.78 is 5.32. The van der Waals surface area contributed by atoms with Crippen LogP contribution in [0.5, 0.6) is 5.75 Å². The van der Waals surface area contributed by atoms with E-state index >= 15 is 0 Å². The number of ether oxygens (including phenoxy) is 1. The van der Waals surface area contributed by atoms with E-state index in [-0.39, 0.29) is 12.6 Å². The molecule has 6 heteroatoms. The fourth-order valence-electron chi connectivity index (χ4n) is 2.98. The SMILES string of the molecule is COc1c(C)cc(NC(=O)NCC2(O)CCN(C)CC2)cc1C. The lowest BCUT2D eigenvalue weighted by molar-refractivity contribution is -0.0120. The maximum absolute atomic E-state index is 12.1. The van der Waals surface area contributed by atoms with E-state index in [0.717, 1.165) is 30.0 Å². The van der Waals surface area contributed by atoms with Crippen molar-refractivity contribution in [1.82, 2.24) is 10.2 Å². The highest BCUT2D eigenvalue weighted by atomic mass is 16.5. The van der Waals surface area contributed by atoms with Crippen molar-refractivity contribution in [3.05, 3.63) is 23.3 Å². The summed E-state index contributed by atoms with van der Waals surface area (Å²) in [5.74, 6) is 0.830. The second kappa shape index (κ2) is 7.19. The molecule has 0 spiro atoms. The highest BCUT2D eigenvalue weighted by molar-refractivity contribution is 5.89. The van der Waals surface area contributed by atoms with Gasteiger partial charge in [0.25, 0.3) is 0 Å². The Hall–Kier alpha value is -1.79. The summed E-state index contributed by atoms with van der Waals surface area (Å²) in [6, 6.07) is 3.44. The molecule has 1 aliphatic heterocycles. The number of anilines is 1. The number of carbonyl (C=O) groups excluding carboxylic acids is 1. The van der Waals surface area contributed by atoms with Gasteiger partial charge in [-0.2, -0.15) is 0 Å². The van der Waals surface area contributed by atoms with Gasteiger partial charge in [-0.1, -0.05) is 0 Å². The monoisotopic (exact) mass is 321 g/mol. The zero-order valence-electron chi connectivity index (χ0n) is 14.4. The number of benzene rings is 1. The first-order chi connectivity index (χ1) is 10.8. The van der Waals surface area contributed by atoms with Crippen LogP contribution in [-0.4, -0.2) is 55.4 Å². The first-order valence-corrected chi connectivity index (χ1v) is 7.94. The van der Waals surface area contributed by atoms with Gasteiger partial charge >= 0.3 is 6.03 Å². The topological polar surface area (TPSA) is 73.8 Å². The molecule has 1 heterocycles. The van der Waals surface area contributed by atoms with Crippen molar-refractivity contribution in [2.24, 2.45) is 0 Å². The number of rotatable bonds is 4. The molecule has 0 atom stereocenters. The molecular weight excluding hydrogens is 294 g/mol. The Morgan fingerprint density at radius 2 is 1.87 bits per heavy atom. The third-order valence-corrected chi connectivity index (χ3v) is 4.42. The number of piperidine rings is 1. The minimum absolute atomic E-state index is 0.265. The van der Waals surface area contributed by atoms with Gasteiger partial charge in [0, 0.05) is 25.3 Å². The third-order valence-electron chi connectivity index (χ3n) is 4.42. The Morgan fingerprint density at radius 3 is 2.39 bits per heavy atom. The Bertz CT molecular complexity index is 543. The molecule has 2 rings (SSSR count). The van der Waals surface area contributed by atoms with Gasteiger partial charge in [0.1, 0.15) is 5.75 Å². The van der Waals surface area contributed by atoms with Gasteiger partial charge in [0.05, 0.1) is 12.7 Å². The molecule has 1 aliphatic rings. The first-order valence-electron chi connectivity index (χ1n) is 7.94. The van der Waals surface area contributed by atoms with E-state index in [2.05, 4.69) is 15.5 Å². The van der Waals surface area contributed by atoms with Crippen molar-refractivity contribution < 1.29 is 14.6 Å². The number of methoxy groups -OCH3 is 1. The first kappa shape index (κ1) is 17.6. The van der Waals surface area contributed by atoms with E-state index in [4.69, 9.17) is 4.74 Å². The van der Waals surface area contributed by atoms with Gasteiger partial charge in [-0.15, -0.1) is 0 Å². The zero-order valence-corrected chi connectivity index (χ0v) is 14.4. The molecule has 1 saturated heterocycles. The summed E-state index contributed by atoms with van der Waals surface area (Å²) in [5, 5.41) is 16.1. The van der Waals surface area contributed by atoms with Gasteiger partial charge < -0.3 is 25.4 Å². The number of carbonyl (C=O) groups is 1. The van der Waals surface area contributed by atoms with E-state index in [1.807, 2.05) is 33.0 Å². The molecular formula is C17H27N3O3. The Morgan fingerprint density at radius 1 is 1.30 bits per heavy atom. The fourth-order valence-corrected chi connectivity index (χ4v) is 2.98. The molecule has 2 amide bonds. The molecule has 1 aromatic rings. The second-order valence-corrected chi connectivity index (χ2v) is 6.48. The number of urea groups is 1. The highest BCUT2D eigenvalue weighted by Gasteiger charge is 2.31. The van der Waals surface area contributed by atoms with Gasteiger partial charge in [-0.05, 0) is 57.0 Å². The summed E-state index contributed by atoms with van der Waals surface area (Å²) in [7, 11) is 3.67. The maximum Gasteiger partial charge on any atom is 0.319 e. The second-order valence-electron chi connectivity index (χ2n) is 6.48. The molecule has 0 radical (unpaired) electrons. The average Bonchev–Trinajstić information content (AvgIpc) is 2.48. The van der Waals surface area contributed by atoms with Crippen molar-refractivity contribution in [3.63, 3.8) is 0 Å². The molecule has 1 fully saturated rings. The Kier molecular flexibility index (Phi) is 5.49. The minimum atomic E-state index is -0.810. The predicted molar refractivity (Wildman–Crippen MR) is 91.2 cm³/mol. The van der Waals surface area contributed by atoms with Gasteiger partial charge in [-0.25, -0.2) is 4.79 Å². The van der Waals surface area contributed by atoms with E-state index in [9.17, 15) is 9.90 Å². The fraction of sp³-hybridized carbons (Fsp3) is 0.588. The molecule has 0 unspecified atom stereocenters. The molecule has 0 bridgehead atoms. The molecule has 0 saturated carbocycles. The minimum Gasteiger partial charge on any atom is -0.496 e. The van der Waals surface area contributed by atoms with Crippen LogP contribution in [0.25, 0.3) is 0 Å². The van der Waals surface area contributed by atoms with Crippen LogP contribution in [0.15, 0.2) is 12.1 Å². The van der Waals surface area contributed by atoms with Crippen molar-refractivity contribution in [1.29, 1.82) is 0 Å². The van der Waals surface area contributed by atoms with Crippen LogP contribution in [0.3, 0.4) is 0 Å². The van der Waals surface area contributed by atoms with Crippen LogP contribution in [0, 0.1) is 13.8 Å². The molecule has 6 nitrogen and oxygen atoms in total. The Balaban J connectivity index is 1.90. The zero-order chi connectivity index (χ0) is 17.0. The number of likely N-dealkylation sites (tertiary alicyclic amines) is 1. The van der Waals surface area contributed by atoms with Gasteiger partial charge in [-0.3, -0.25) is 0 Å². The van der Waals surface area contributed by atoms with Crippen LogP contribution >= 0.6 is 0 Å². The number of aryl methyl sites for hydroxylation is 2. The third kappa shape index (κ3) is 4.59. The van der Waals surface area contributed by atoms with Crippen LogP contribution < -0.4 is 15.4 Å². The van der Waals surface area contributed by atoms with E-state index < -0.39 is 5.60 Å². The van der Waals surface area contributed by atoms with Crippen molar-refractivity contribution in [3.8, 4) is 5.75 Å². The summed E-state index contributed by atoms with van der Waals surface area (Å²) in [4.78, 5) is 14.2. The van der Waals surface area contributed by atoms with Crippen molar-refractivity contribution in [2.45, 2.75) is 32.3 Å². The van der Waals surface area contributed by atoms with Gasteiger partial charge in [0.2, 0.25) is 0 Å². The molecule has 3 N–H and O–H groups in total. The van der Waals surface area contributed by atoms with E-state index in [0.29, 0.717) is 18.5 Å². The summed E-state index contributed by atoms with van der Waals surface area (Å²) in [5.41, 5.74) is 1.84. The van der Waals surface area contributed by atoms with E-state index in [1.165, 1.54) is 0 Å².